The van der Waals surface area contributed by atoms with Crippen LogP contribution in [0.4, 0.5) is 14.5 Å². The Kier molecular flexibility index (Phi) is 4.85. The Labute approximate surface area is 148 Å². The number of nitrogens with one attached hydrogen (secondary N) is 1. The van der Waals surface area contributed by atoms with Crippen molar-refractivity contribution >= 4 is 21.4 Å². The van der Waals surface area contributed by atoms with Gasteiger partial charge >= 0.3 is 0 Å². The molecule has 3 aromatic rings. The van der Waals surface area contributed by atoms with E-state index in [1.807, 2.05) is 0 Å². The second-order valence-electron chi connectivity index (χ2n) is 5.42. The first-order valence-electron chi connectivity index (χ1n) is 7.48. The Morgan fingerprint density at radius 2 is 1.73 bits per heavy atom. The third-order valence-corrected chi connectivity index (χ3v) is 5.15. The van der Waals surface area contributed by atoms with Gasteiger partial charge in [-0.3, -0.25) is 4.79 Å². The van der Waals surface area contributed by atoms with E-state index in [1.54, 1.807) is 18.2 Å². The number of sulfone groups is 1. The predicted molar refractivity (Wildman–Crippen MR) is 90.4 cm³/mol. The SMILES string of the molecule is O=C(Nc1cc(F)ccc1F)c1ccc(CS(=O)(=O)c2ccccc2)o1. The van der Waals surface area contributed by atoms with Crippen molar-refractivity contribution in [2.24, 2.45) is 0 Å². The van der Waals surface area contributed by atoms with Crippen LogP contribution in [-0.4, -0.2) is 14.3 Å². The maximum Gasteiger partial charge on any atom is 0.291 e. The van der Waals surface area contributed by atoms with Crippen LogP contribution in [0.25, 0.3) is 0 Å². The van der Waals surface area contributed by atoms with Crippen LogP contribution in [0.2, 0.25) is 0 Å². The van der Waals surface area contributed by atoms with Crippen LogP contribution in [0.3, 0.4) is 0 Å². The lowest BCUT2D eigenvalue weighted by Crippen LogP contribution is -2.12. The smallest absolute Gasteiger partial charge is 0.291 e. The molecule has 1 N–H and O–H groups in total. The van der Waals surface area contributed by atoms with E-state index in [1.165, 1.54) is 24.3 Å². The van der Waals surface area contributed by atoms with Crippen molar-refractivity contribution in [3.8, 4) is 0 Å². The Morgan fingerprint density at radius 3 is 2.46 bits per heavy atom. The van der Waals surface area contributed by atoms with Crippen molar-refractivity contribution in [1.29, 1.82) is 0 Å². The predicted octanol–water partition coefficient (Wildman–Crippen LogP) is 3.78. The number of anilines is 1. The molecule has 26 heavy (non-hydrogen) atoms. The highest BCUT2D eigenvalue weighted by Gasteiger charge is 2.19. The minimum absolute atomic E-state index is 0.0544. The highest BCUT2D eigenvalue weighted by atomic mass is 32.2. The van der Waals surface area contributed by atoms with Crippen LogP contribution < -0.4 is 5.32 Å². The lowest BCUT2D eigenvalue weighted by molar-refractivity contribution is 0.0994. The summed E-state index contributed by atoms with van der Waals surface area (Å²) in [5.74, 6) is -2.93. The van der Waals surface area contributed by atoms with Crippen LogP contribution in [0.5, 0.6) is 0 Å². The number of carbonyl (C=O) groups is 1. The molecule has 1 amide bonds. The summed E-state index contributed by atoms with van der Waals surface area (Å²) in [6, 6.07) is 13.0. The number of rotatable bonds is 5. The van der Waals surface area contributed by atoms with Gasteiger partial charge in [-0.2, -0.15) is 0 Å². The first kappa shape index (κ1) is 17.8. The number of furan rings is 1. The molecule has 0 saturated carbocycles. The fourth-order valence-electron chi connectivity index (χ4n) is 2.25. The molecule has 0 aliphatic rings. The van der Waals surface area contributed by atoms with Crippen LogP contribution in [0, 0.1) is 11.6 Å². The second kappa shape index (κ2) is 7.09. The summed E-state index contributed by atoms with van der Waals surface area (Å²) >= 11 is 0. The van der Waals surface area contributed by atoms with Crippen LogP contribution in [-0.2, 0) is 15.6 Å². The van der Waals surface area contributed by atoms with E-state index in [4.69, 9.17) is 4.42 Å². The molecule has 0 aliphatic heterocycles. The zero-order valence-electron chi connectivity index (χ0n) is 13.3. The van der Waals surface area contributed by atoms with Crippen molar-refractivity contribution in [3.05, 3.63) is 83.8 Å². The molecule has 0 radical (unpaired) electrons. The molecule has 0 saturated heterocycles. The molecule has 0 aliphatic carbocycles. The second-order valence-corrected chi connectivity index (χ2v) is 7.41. The summed E-state index contributed by atoms with van der Waals surface area (Å²) < 4.78 is 56.6. The van der Waals surface area contributed by atoms with Gasteiger partial charge in [0.1, 0.15) is 23.1 Å². The Balaban J connectivity index is 1.75. The minimum atomic E-state index is -3.63. The largest absolute Gasteiger partial charge is 0.455 e. The van der Waals surface area contributed by atoms with Crippen LogP contribution in [0.1, 0.15) is 16.3 Å². The highest BCUT2D eigenvalue weighted by Crippen LogP contribution is 2.20. The molecule has 0 atom stereocenters. The summed E-state index contributed by atoms with van der Waals surface area (Å²) in [5, 5.41) is 2.18. The molecular formula is C18H13F2NO4S. The molecular weight excluding hydrogens is 364 g/mol. The van der Waals surface area contributed by atoms with Crippen molar-refractivity contribution in [2.45, 2.75) is 10.6 Å². The van der Waals surface area contributed by atoms with Gasteiger partial charge in [-0.1, -0.05) is 18.2 Å². The van der Waals surface area contributed by atoms with E-state index < -0.39 is 33.1 Å². The average molecular weight is 377 g/mol. The van der Waals surface area contributed by atoms with E-state index in [0.717, 1.165) is 18.2 Å². The molecule has 0 fully saturated rings. The monoisotopic (exact) mass is 377 g/mol. The number of carbonyl (C=O) groups excluding carboxylic acids is 1. The molecule has 3 rings (SSSR count). The normalized spacial score (nSPS) is 11.3. The Hall–Kier alpha value is -3.00. The molecule has 0 unspecified atom stereocenters. The number of halogens is 2. The van der Waals surface area contributed by atoms with Gasteiger partial charge in [0.15, 0.2) is 15.6 Å². The highest BCUT2D eigenvalue weighted by molar-refractivity contribution is 7.90. The number of amides is 1. The lowest BCUT2D eigenvalue weighted by Gasteiger charge is -2.05. The van der Waals surface area contributed by atoms with Gasteiger partial charge in [0.25, 0.3) is 5.91 Å². The fourth-order valence-corrected chi connectivity index (χ4v) is 3.52. The Morgan fingerprint density at radius 1 is 1.00 bits per heavy atom. The maximum atomic E-state index is 13.6. The van der Waals surface area contributed by atoms with E-state index in [9.17, 15) is 22.0 Å². The topological polar surface area (TPSA) is 76.4 Å². The van der Waals surface area contributed by atoms with Crippen molar-refractivity contribution in [3.63, 3.8) is 0 Å². The number of hydrogen-bond donors (Lipinski definition) is 1. The zero-order chi connectivity index (χ0) is 18.7. The van der Waals surface area contributed by atoms with E-state index in [-0.39, 0.29) is 22.1 Å². The maximum absolute atomic E-state index is 13.6. The quantitative estimate of drug-likeness (QED) is 0.734. The van der Waals surface area contributed by atoms with Gasteiger partial charge in [0.2, 0.25) is 0 Å². The Bertz CT molecular complexity index is 1050. The molecule has 1 heterocycles. The number of hydrogen-bond acceptors (Lipinski definition) is 4. The fraction of sp³-hybridized carbons (Fsp3) is 0.0556. The molecule has 5 nitrogen and oxygen atoms in total. The number of benzene rings is 2. The molecule has 0 bridgehead atoms. The van der Waals surface area contributed by atoms with E-state index >= 15 is 0 Å². The summed E-state index contributed by atoms with van der Waals surface area (Å²) in [5.41, 5.74) is -0.343. The molecule has 134 valence electrons. The third kappa shape index (κ3) is 3.97. The lowest BCUT2D eigenvalue weighted by atomic mass is 10.3. The first-order chi connectivity index (χ1) is 12.3. The van der Waals surface area contributed by atoms with Gasteiger partial charge in [-0.25, -0.2) is 17.2 Å². The van der Waals surface area contributed by atoms with Gasteiger partial charge in [-0.15, -0.1) is 0 Å². The summed E-state index contributed by atoms with van der Waals surface area (Å²) in [4.78, 5) is 12.2. The van der Waals surface area contributed by atoms with Crippen molar-refractivity contribution in [2.75, 3.05) is 5.32 Å². The molecule has 2 aromatic carbocycles. The van der Waals surface area contributed by atoms with Gasteiger partial charge in [-0.05, 0) is 36.4 Å². The summed E-state index contributed by atoms with van der Waals surface area (Å²) in [6.07, 6.45) is 0. The van der Waals surface area contributed by atoms with Crippen molar-refractivity contribution in [1.82, 2.24) is 0 Å². The molecule has 0 spiro atoms. The van der Waals surface area contributed by atoms with Crippen LogP contribution >= 0.6 is 0 Å². The minimum Gasteiger partial charge on any atom is -0.455 e. The van der Waals surface area contributed by atoms with Gasteiger partial charge in [0.05, 0.1) is 10.6 Å². The standard InChI is InChI=1S/C18H13F2NO4S/c19-12-6-8-15(20)16(10-12)21-18(22)17-9-7-13(25-17)11-26(23,24)14-4-2-1-3-5-14/h1-10H,11H2,(H,21,22). The third-order valence-electron chi connectivity index (χ3n) is 3.50. The zero-order valence-corrected chi connectivity index (χ0v) is 14.1. The van der Waals surface area contributed by atoms with E-state index in [2.05, 4.69) is 5.32 Å². The van der Waals surface area contributed by atoms with Crippen LogP contribution in [0.15, 0.2) is 70.0 Å². The first-order valence-corrected chi connectivity index (χ1v) is 9.13. The summed E-state index contributed by atoms with van der Waals surface area (Å²) in [6.45, 7) is 0. The van der Waals surface area contributed by atoms with Gasteiger partial charge in [0, 0.05) is 6.07 Å². The summed E-state index contributed by atoms with van der Waals surface area (Å²) in [7, 11) is -3.63. The molecule has 8 heteroatoms. The molecule has 1 aromatic heterocycles. The van der Waals surface area contributed by atoms with Gasteiger partial charge < -0.3 is 9.73 Å². The van der Waals surface area contributed by atoms with Crippen molar-refractivity contribution < 1.29 is 26.4 Å². The average Bonchev–Trinajstić information content (AvgIpc) is 3.07. The van der Waals surface area contributed by atoms with E-state index in [0.29, 0.717) is 0 Å².